The van der Waals surface area contributed by atoms with E-state index < -0.39 is 34.8 Å². The highest BCUT2D eigenvalue weighted by atomic mass is 32.2. The van der Waals surface area contributed by atoms with Crippen LogP contribution < -0.4 is 10.6 Å². The third kappa shape index (κ3) is 9.00. The van der Waals surface area contributed by atoms with E-state index in [4.69, 9.17) is 5.11 Å². The van der Waals surface area contributed by atoms with Crippen molar-refractivity contribution in [3.63, 3.8) is 0 Å². The lowest BCUT2D eigenvalue weighted by Crippen LogP contribution is -2.47. The number of carboxylic acids is 1. The molecule has 0 fully saturated rings. The van der Waals surface area contributed by atoms with Crippen LogP contribution in [0, 0.1) is 0 Å². The number of carbonyl (C=O) groups excluding carboxylic acids is 2. The van der Waals surface area contributed by atoms with E-state index >= 15 is 0 Å². The highest BCUT2D eigenvalue weighted by molar-refractivity contribution is 7.84. The van der Waals surface area contributed by atoms with E-state index in [0.29, 0.717) is 0 Å². The van der Waals surface area contributed by atoms with Crippen LogP contribution in [0.3, 0.4) is 0 Å². The van der Waals surface area contributed by atoms with Crippen LogP contribution in [0.25, 0.3) is 0 Å². The lowest BCUT2D eigenvalue weighted by atomic mass is 10.1. The molecule has 9 heteroatoms. The van der Waals surface area contributed by atoms with Gasteiger partial charge in [-0.1, -0.05) is 0 Å². The number of esters is 1. The second-order valence-electron chi connectivity index (χ2n) is 3.68. The Morgan fingerprint density at radius 1 is 1.37 bits per heavy atom. The SMILES string of the molecule is COC(=O)CC[C@H](NC(=O)NCCS(C)=O)C(=O)O. The average molecular weight is 294 g/mol. The Morgan fingerprint density at radius 2 is 2.00 bits per heavy atom. The van der Waals surface area contributed by atoms with Crippen molar-refractivity contribution in [1.82, 2.24) is 10.6 Å². The Hall–Kier alpha value is -1.64. The van der Waals surface area contributed by atoms with Crippen LogP contribution in [0.4, 0.5) is 4.79 Å². The van der Waals surface area contributed by atoms with Crippen LogP contribution in [0.5, 0.6) is 0 Å². The second kappa shape index (κ2) is 9.31. The zero-order valence-corrected chi connectivity index (χ0v) is 11.6. The number of methoxy groups -OCH3 is 1. The van der Waals surface area contributed by atoms with Crippen LogP contribution in [0.15, 0.2) is 0 Å². The monoisotopic (exact) mass is 294 g/mol. The number of carboxylic acid groups (broad SMARTS) is 1. The largest absolute Gasteiger partial charge is 0.480 e. The van der Waals surface area contributed by atoms with Crippen molar-refractivity contribution in [1.29, 1.82) is 0 Å². The first-order valence-electron chi connectivity index (χ1n) is 5.50. The molecule has 19 heavy (non-hydrogen) atoms. The van der Waals surface area contributed by atoms with Gasteiger partial charge in [-0.05, 0) is 6.42 Å². The predicted molar refractivity (Wildman–Crippen MR) is 68.1 cm³/mol. The average Bonchev–Trinajstić information content (AvgIpc) is 2.33. The Bertz CT molecular complexity index is 360. The second-order valence-corrected chi connectivity index (χ2v) is 5.24. The first-order valence-corrected chi connectivity index (χ1v) is 7.23. The number of urea groups is 1. The molecule has 0 aliphatic carbocycles. The maximum Gasteiger partial charge on any atom is 0.326 e. The third-order valence-electron chi connectivity index (χ3n) is 2.14. The Labute approximate surface area is 113 Å². The van der Waals surface area contributed by atoms with Gasteiger partial charge in [-0.3, -0.25) is 9.00 Å². The summed E-state index contributed by atoms with van der Waals surface area (Å²) in [6, 6.07) is -1.85. The number of hydrogen-bond acceptors (Lipinski definition) is 5. The molecule has 1 unspecified atom stereocenters. The Kier molecular flexibility index (Phi) is 8.51. The van der Waals surface area contributed by atoms with Crippen molar-refractivity contribution >= 4 is 28.8 Å². The van der Waals surface area contributed by atoms with E-state index in [1.807, 2.05) is 0 Å². The molecule has 3 N–H and O–H groups in total. The van der Waals surface area contributed by atoms with E-state index in [-0.39, 0.29) is 25.1 Å². The Balaban J connectivity index is 4.12. The maximum atomic E-state index is 11.4. The zero-order chi connectivity index (χ0) is 14.8. The summed E-state index contributed by atoms with van der Waals surface area (Å²) >= 11 is 0. The van der Waals surface area contributed by atoms with Gasteiger partial charge < -0.3 is 20.5 Å². The summed E-state index contributed by atoms with van der Waals surface area (Å²) in [5, 5.41) is 13.5. The van der Waals surface area contributed by atoms with Crippen LogP contribution in [-0.4, -0.2) is 59.0 Å². The van der Waals surface area contributed by atoms with E-state index in [9.17, 15) is 18.6 Å². The van der Waals surface area contributed by atoms with Gasteiger partial charge in [-0.25, -0.2) is 9.59 Å². The standard InChI is InChI=1S/C10H18N2O6S/c1-18-8(13)4-3-7(9(14)15)12-10(16)11-5-6-19(2)17/h7H,3-6H2,1-2H3,(H,14,15)(H2,11,12,16)/t7-,19?/m0/s1. The molecule has 2 atom stereocenters. The first-order chi connectivity index (χ1) is 8.86. The van der Waals surface area contributed by atoms with E-state index in [1.54, 1.807) is 0 Å². The van der Waals surface area contributed by atoms with Crippen molar-refractivity contribution in [2.45, 2.75) is 18.9 Å². The highest BCUT2D eigenvalue weighted by Crippen LogP contribution is 1.99. The number of ether oxygens (including phenoxy) is 1. The van der Waals surface area contributed by atoms with Crippen molar-refractivity contribution in [2.24, 2.45) is 0 Å². The lowest BCUT2D eigenvalue weighted by Gasteiger charge is -2.14. The van der Waals surface area contributed by atoms with E-state index in [2.05, 4.69) is 15.4 Å². The van der Waals surface area contributed by atoms with Gasteiger partial charge in [0, 0.05) is 35.8 Å². The molecule has 110 valence electrons. The molecule has 0 aromatic heterocycles. The van der Waals surface area contributed by atoms with Crippen LogP contribution in [0.2, 0.25) is 0 Å². The topological polar surface area (TPSA) is 122 Å². The van der Waals surface area contributed by atoms with E-state index in [0.717, 1.165) is 0 Å². The number of amides is 2. The molecule has 0 heterocycles. The smallest absolute Gasteiger partial charge is 0.326 e. The van der Waals surface area contributed by atoms with Gasteiger partial charge in [0.15, 0.2) is 0 Å². The molecule has 0 aromatic carbocycles. The summed E-state index contributed by atoms with van der Waals surface area (Å²) in [5.74, 6) is -1.50. The fraction of sp³-hybridized carbons (Fsp3) is 0.700. The molecule has 0 saturated heterocycles. The zero-order valence-electron chi connectivity index (χ0n) is 10.8. The number of hydrogen-bond donors (Lipinski definition) is 3. The normalized spacial score (nSPS) is 13.2. The van der Waals surface area contributed by atoms with E-state index in [1.165, 1.54) is 13.4 Å². The highest BCUT2D eigenvalue weighted by Gasteiger charge is 2.20. The Morgan fingerprint density at radius 3 is 2.47 bits per heavy atom. The van der Waals surface area contributed by atoms with Crippen molar-refractivity contribution in [2.75, 3.05) is 25.7 Å². The molecule has 8 nitrogen and oxygen atoms in total. The number of nitrogens with one attached hydrogen (secondary N) is 2. The minimum absolute atomic E-state index is 0.0604. The van der Waals surface area contributed by atoms with Gasteiger partial charge in [0.25, 0.3) is 0 Å². The fourth-order valence-electron chi connectivity index (χ4n) is 1.14. The van der Waals surface area contributed by atoms with Gasteiger partial charge in [0.1, 0.15) is 6.04 Å². The minimum Gasteiger partial charge on any atom is -0.480 e. The number of rotatable bonds is 8. The van der Waals surface area contributed by atoms with Gasteiger partial charge in [-0.2, -0.15) is 0 Å². The molecule has 0 aromatic rings. The summed E-state index contributed by atoms with van der Waals surface area (Å²) in [4.78, 5) is 33.1. The molecule has 0 aliphatic heterocycles. The summed E-state index contributed by atoms with van der Waals surface area (Å²) < 4.78 is 15.1. The summed E-state index contributed by atoms with van der Waals surface area (Å²) in [7, 11) is 0.163. The lowest BCUT2D eigenvalue weighted by molar-refractivity contribution is -0.142. The molecule has 0 rings (SSSR count). The third-order valence-corrected chi connectivity index (χ3v) is 2.92. The van der Waals surface area contributed by atoms with Gasteiger partial charge >= 0.3 is 18.0 Å². The number of aliphatic carboxylic acids is 1. The molecular weight excluding hydrogens is 276 g/mol. The number of carbonyl (C=O) groups is 3. The van der Waals surface area contributed by atoms with Crippen LogP contribution >= 0.6 is 0 Å². The maximum absolute atomic E-state index is 11.4. The predicted octanol–water partition coefficient (Wildman–Crippen LogP) is -0.929. The summed E-state index contributed by atoms with van der Waals surface area (Å²) in [5.41, 5.74) is 0. The fourth-order valence-corrected chi connectivity index (χ4v) is 1.53. The van der Waals surface area contributed by atoms with Crippen molar-refractivity contribution in [3.05, 3.63) is 0 Å². The molecular formula is C10H18N2O6S. The van der Waals surface area contributed by atoms with Gasteiger partial charge in [0.2, 0.25) is 0 Å². The summed E-state index contributed by atoms with van der Waals surface area (Å²) in [6.07, 6.45) is 1.33. The van der Waals surface area contributed by atoms with Gasteiger partial charge in [-0.15, -0.1) is 0 Å². The molecule has 0 aliphatic rings. The summed E-state index contributed by atoms with van der Waals surface area (Å²) in [6.45, 7) is 0.179. The molecule has 0 radical (unpaired) electrons. The molecule has 0 saturated carbocycles. The van der Waals surface area contributed by atoms with Crippen molar-refractivity contribution < 1.29 is 28.4 Å². The molecule has 2 amide bonds. The van der Waals surface area contributed by atoms with Crippen LogP contribution in [0.1, 0.15) is 12.8 Å². The van der Waals surface area contributed by atoms with Crippen molar-refractivity contribution in [3.8, 4) is 0 Å². The molecule has 0 spiro atoms. The first kappa shape index (κ1) is 17.4. The minimum atomic E-state index is -1.24. The molecule has 0 bridgehead atoms. The van der Waals surface area contributed by atoms with Gasteiger partial charge in [0.05, 0.1) is 7.11 Å². The quantitative estimate of drug-likeness (QED) is 0.497. The van der Waals surface area contributed by atoms with Crippen LogP contribution in [-0.2, 0) is 25.1 Å².